The number of pyridine rings is 1. The molecule has 7 nitrogen and oxygen atoms in total. The molecule has 5 rings (SSSR count). The van der Waals surface area contributed by atoms with Gasteiger partial charge in [-0.15, -0.1) is 0 Å². The third kappa shape index (κ3) is 4.01. The monoisotopic (exact) mass is 428 g/mol. The summed E-state index contributed by atoms with van der Waals surface area (Å²) in [5.74, 6) is 0.976. The summed E-state index contributed by atoms with van der Waals surface area (Å²) in [5.41, 5.74) is 0.949. The standard InChI is InChI=1S/C25H24N4O3/c30-23-17-29(25-19-7-2-1-6-18(19)10-12-27-25)15-14-28(23)13-5-11-26-21-16-24(31)32-22-9-4-3-8-20(21)22/h1-4,6-10,12,16,26H,5,11,13-15,17H2. The first-order valence-corrected chi connectivity index (χ1v) is 10.8. The fourth-order valence-corrected chi connectivity index (χ4v) is 4.23. The highest BCUT2D eigenvalue weighted by Gasteiger charge is 2.25. The first kappa shape index (κ1) is 20.1. The fourth-order valence-electron chi connectivity index (χ4n) is 4.23. The number of carbonyl (C=O) groups excluding carboxylic acids is 1. The van der Waals surface area contributed by atoms with Crippen molar-refractivity contribution in [3.63, 3.8) is 0 Å². The lowest BCUT2D eigenvalue weighted by Gasteiger charge is -2.35. The number of amides is 1. The Morgan fingerprint density at radius 2 is 1.78 bits per heavy atom. The van der Waals surface area contributed by atoms with Crippen LogP contribution >= 0.6 is 0 Å². The second kappa shape index (κ2) is 8.70. The number of nitrogens with zero attached hydrogens (tertiary/aromatic N) is 3. The maximum absolute atomic E-state index is 12.8. The van der Waals surface area contributed by atoms with Crippen LogP contribution in [0.3, 0.4) is 0 Å². The molecule has 4 aromatic rings. The lowest BCUT2D eigenvalue weighted by molar-refractivity contribution is -0.131. The summed E-state index contributed by atoms with van der Waals surface area (Å²) in [6.45, 7) is 3.08. The van der Waals surface area contributed by atoms with E-state index in [2.05, 4.69) is 21.3 Å². The van der Waals surface area contributed by atoms with E-state index in [4.69, 9.17) is 4.42 Å². The summed E-state index contributed by atoms with van der Waals surface area (Å²) in [4.78, 5) is 33.1. The second-order valence-corrected chi connectivity index (χ2v) is 7.91. The van der Waals surface area contributed by atoms with Crippen molar-refractivity contribution in [2.45, 2.75) is 6.42 Å². The van der Waals surface area contributed by atoms with Gasteiger partial charge in [0.25, 0.3) is 0 Å². The number of aromatic nitrogens is 1. The van der Waals surface area contributed by atoms with Crippen molar-refractivity contribution < 1.29 is 9.21 Å². The second-order valence-electron chi connectivity index (χ2n) is 7.91. The predicted octanol–water partition coefficient (Wildman–Crippen LogP) is 3.49. The third-order valence-electron chi connectivity index (χ3n) is 5.84. The summed E-state index contributed by atoms with van der Waals surface area (Å²) in [7, 11) is 0. The maximum Gasteiger partial charge on any atom is 0.338 e. The third-order valence-corrected chi connectivity index (χ3v) is 5.84. The van der Waals surface area contributed by atoms with E-state index in [-0.39, 0.29) is 11.5 Å². The summed E-state index contributed by atoms with van der Waals surface area (Å²) >= 11 is 0. The molecule has 1 fully saturated rings. The lowest BCUT2D eigenvalue weighted by atomic mass is 10.1. The zero-order valence-electron chi connectivity index (χ0n) is 17.7. The highest BCUT2D eigenvalue weighted by molar-refractivity contribution is 5.94. The van der Waals surface area contributed by atoms with Gasteiger partial charge in [0.05, 0.1) is 12.2 Å². The van der Waals surface area contributed by atoms with Gasteiger partial charge < -0.3 is 19.5 Å². The molecule has 7 heteroatoms. The Hall–Kier alpha value is -3.87. The smallest absolute Gasteiger partial charge is 0.338 e. The van der Waals surface area contributed by atoms with Crippen LogP contribution in [0.4, 0.5) is 11.5 Å². The van der Waals surface area contributed by atoms with Crippen LogP contribution in [-0.4, -0.2) is 48.5 Å². The molecule has 1 aliphatic heterocycles. The van der Waals surface area contributed by atoms with E-state index in [1.165, 1.54) is 6.07 Å². The number of hydrogen-bond acceptors (Lipinski definition) is 6. The molecule has 1 aliphatic rings. The minimum absolute atomic E-state index is 0.108. The average molecular weight is 428 g/mol. The quantitative estimate of drug-likeness (QED) is 0.374. The maximum atomic E-state index is 12.8. The van der Waals surface area contributed by atoms with Gasteiger partial charge in [-0.2, -0.15) is 0 Å². The normalized spacial score (nSPS) is 14.3. The van der Waals surface area contributed by atoms with E-state index in [0.717, 1.165) is 40.6 Å². The molecule has 2 aromatic carbocycles. The Bertz CT molecular complexity index is 1330. The zero-order chi connectivity index (χ0) is 21.9. The van der Waals surface area contributed by atoms with Gasteiger partial charge in [-0.1, -0.05) is 36.4 Å². The highest BCUT2D eigenvalue weighted by atomic mass is 16.4. The van der Waals surface area contributed by atoms with Gasteiger partial charge in [-0.05, 0) is 30.0 Å². The predicted molar refractivity (Wildman–Crippen MR) is 126 cm³/mol. The minimum atomic E-state index is -0.375. The number of hydrogen-bond donors (Lipinski definition) is 1. The van der Waals surface area contributed by atoms with Crippen molar-refractivity contribution in [1.29, 1.82) is 0 Å². The van der Waals surface area contributed by atoms with Gasteiger partial charge >= 0.3 is 5.63 Å². The molecule has 162 valence electrons. The van der Waals surface area contributed by atoms with Gasteiger partial charge in [0, 0.05) is 49.2 Å². The average Bonchev–Trinajstić information content (AvgIpc) is 2.82. The summed E-state index contributed by atoms with van der Waals surface area (Å²) < 4.78 is 5.23. The van der Waals surface area contributed by atoms with Crippen molar-refractivity contribution in [2.24, 2.45) is 0 Å². The molecule has 0 aliphatic carbocycles. The molecule has 1 saturated heterocycles. The number of rotatable bonds is 6. The largest absolute Gasteiger partial charge is 0.423 e. The number of para-hydroxylation sites is 1. The van der Waals surface area contributed by atoms with E-state index in [1.54, 1.807) is 12.3 Å². The van der Waals surface area contributed by atoms with Crippen molar-refractivity contribution in [3.8, 4) is 0 Å². The molecule has 0 atom stereocenters. The summed E-state index contributed by atoms with van der Waals surface area (Å²) in [5, 5.41) is 6.39. The van der Waals surface area contributed by atoms with E-state index < -0.39 is 0 Å². The Morgan fingerprint density at radius 3 is 2.66 bits per heavy atom. The number of nitrogens with one attached hydrogen (secondary N) is 1. The van der Waals surface area contributed by atoms with Crippen molar-refractivity contribution >= 4 is 39.2 Å². The molecule has 0 saturated carbocycles. The van der Waals surface area contributed by atoms with Crippen LogP contribution in [0, 0.1) is 0 Å². The number of anilines is 2. The van der Waals surface area contributed by atoms with Crippen LogP contribution < -0.4 is 15.8 Å². The molecular formula is C25H24N4O3. The Kier molecular flexibility index (Phi) is 5.46. The van der Waals surface area contributed by atoms with Gasteiger partial charge in [0.15, 0.2) is 0 Å². The zero-order valence-corrected chi connectivity index (χ0v) is 17.7. The first-order chi connectivity index (χ1) is 15.7. The molecule has 0 spiro atoms. The highest BCUT2D eigenvalue weighted by Crippen LogP contribution is 2.25. The van der Waals surface area contributed by atoms with Gasteiger partial charge in [-0.25, -0.2) is 9.78 Å². The van der Waals surface area contributed by atoms with Crippen LogP contribution in [0.5, 0.6) is 0 Å². The lowest BCUT2D eigenvalue weighted by Crippen LogP contribution is -2.51. The molecule has 2 aromatic heterocycles. The van der Waals surface area contributed by atoms with Crippen LogP contribution in [0.25, 0.3) is 21.7 Å². The minimum Gasteiger partial charge on any atom is -0.423 e. The van der Waals surface area contributed by atoms with Gasteiger partial charge in [0.1, 0.15) is 11.4 Å². The Morgan fingerprint density at radius 1 is 0.969 bits per heavy atom. The first-order valence-electron chi connectivity index (χ1n) is 10.8. The van der Waals surface area contributed by atoms with Crippen molar-refractivity contribution in [2.75, 3.05) is 42.9 Å². The summed E-state index contributed by atoms with van der Waals surface area (Å²) in [6, 6.07) is 19.0. The van der Waals surface area contributed by atoms with E-state index in [0.29, 0.717) is 31.8 Å². The molecule has 0 radical (unpaired) electrons. The van der Waals surface area contributed by atoms with Crippen LogP contribution in [-0.2, 0) is 4.79 Å². The van der Waals surface area contributed by atoms with E-state index in [1.807, 2.05) is 47.4 Å². The Labute approximate surface area is 185 Å². The molecule has 1 N–H and O–H groups in total. The fraction of sp³-hybridized carbons (Fsp3) is 0.240. The molecule has 1 amide bonds. The van der Waals surface area contributed by atoms with Crippen molar-refractivity contribution in [3.05, 3.63) is 77.3 Å². The van der Waals surface area contributed by atoms with Gasteiger partial charge in [0.2, 0.25) is 5.91 Å². The van der Waals surface area contributed by atoms with Crippen LogP contribution in [0.15, 0.2) is 76.1 Å². The molecule has 0 unspecified atom stereocenters. The van der Waals surface area contributed by atoms with E-state index in [9.17, 15) is 9.59 Å². The van der Waals surface area contributed by atoms with Crippen molar-refractivity contribution in [1.82, 2.24) is 9.88 Å². The molecule has 3 heterocycles. The van der Waals surface area contributed by atoms with E-state index >= 15 is 0 Å². The number of piperazine rings is 1. The van der Waals surface area contributed by atoms with Crippen LogP contribution in [0.2, 0.25) is 0 Å². The molecular weight excluding hydrogens is 404 g/mol. The topological polar surface area (TPSA) is 78.7 Å². The number of benzene rings is 2. The number of carbonyl (C=O) groups is 1. The number of fused-ring (bicyclic) bond motifs is 2. The van der Waals surface area contributed by atoms with Gasteiger partial charge in [-0.3, -0.25) is 4.79 Å². The Balaban J connectivity index is 1.18. The van der Waals surface area contributed by atoms with Crippen LogP contribution in [0.1, 0.15) is 6.42 Å². The summed E-state index contributed by atoms with van der Waals surface area (Å²) in [6.07, 6.45) is 2.58. The molecule has 0 bridgehead atoms. The SMILES string of the molecule is O=C1CN(c2nccc3ccccc23)CCN1CCCNc1cc(=O)oc2ccccc12. The molecule has 32 heavy (non-hydrogen) atoms.